The van der Waals surface area contributed by atoms with Gasteiger partial charge in [-0.2, -0.15) is 0 Å². The van der Waals surface area contributed by atoms with E-state index in [1.54, 1.807) is 36.2 Å². The van der Waals surface area contributed by atoms with Crippen molar-refractivity contribution in [3.05, 3.63) is 53.7 Å². The highest BCUT2D eigenvalue weighted by molar-refractivity contribution is 7.98. The molecule has 0 amide bonds. The molecule has 2 rings (SSSR count). The lowest BCUT2D eigenvalue weighted by atomic mass is 10.1. The van der Waals surface area contributed by atoms with Crippen LogP contribution in [0.15, 0.2) is 47.5 Å². The molecule has 18 heavy (non-hydrogen) atoms. The number of benzene rings is 1. The summed E-state index contributed by atoms with van der Waals surface area (Å²) in [6, 6.07) is 10.5. The number of hydrogen-bond acceptors (Lipinski definition) is 4. The molecule has 4 nitrogen and oxygen atoms in total. The van der Waals surface area contributed by atoms with Gasteiger partial charge in [0.1, 0.15) is 5.82 Å². The SMILES string of the molecule is Nc1ccc(SCc2ccc(C(=O)O)cc2)cn1. The number of pyridine rings is 1. The van der Waals surface area contributed by atoms with E-state index in [0.29, 0.717) is 11.4 Å². The Hall–Kier alpha value is -2.01. The third-order valence-corrected chi connectivity index (χ3v) is 3.42. The predicted molar refractivity (Wildman–Crippen MR) is 71.6 cm³/mol. The minimum atomic E-state index is -0.906. The van der Waals surface area contributed by atoms with Crippen LogP contribution in [-0.4, -0.2) is 16.1 Å². The van der Waals surface area contributed by atoms with Crippen LogP contribution in [0.5, 0.6) is 0 Å². The summed E-state index contributed by atoms with van der Waals surface area (Å²) < 4.78 is 0. The number of anilines is 1. The Bertz CT molecular complexity index is 538. The van der Waals surface area contributed by atoms with Crippen molar-refractivity contribution in [3.63, 3.8) is 0 Å². The maximum atomic E-state index is 10.7. The summed E-state index contributed by atoms with van der Waals surface area (Å²) in [7, 11) is 0. The van der Waals surface area contributed by atoms with Crippen molar-refractivity contribution >= 4 is 23.5 Å². The fraction of sp³-hybridized carbons (Fsp3) is 0.0769. The molecular formula is C13H12N2O2S. The Balaban J connectivity index is 1.97. The van der Waals surface area contributed by atoms with Gasteiger partial charge in [0.2, 0.25) is 0 Å². The van der Waals surface area contributed by atoms with Gasteiger partial charge in [0.25, 0.3) is 0 Å². The Morgan fingerprint density at radius 3 is 2.50 bits per heavy atom. The van der Waals surface area contributed by atoms with E-state index in [4.69, 9.17) is 10.8 Å². The molecule has 0 saturated carbocycles. The van der Waals surface area contributed by atoms with Crippen molar-refractivity contribution < 1.29 is 9.90 Å². The van der Waals surface area contributed by atoms with Crippen LogP contribution < -0.4 is 5.73 Å². The number of nitrogens with two attached hydrogens (primary N) is 1. The average Bonchev–Trinajstić information content (AvgIpc) is 2.38. The normalized spacial score (nSPS) is 10.2. The monoisotopic (exact) mass is 260 g/mol. The molecule has 0 bridgehead atoms. The Morgan fingerprint density at radius 2 is 1.94 bits per heavy atom. The van der Waals surface area contributed by atoms with Gasteiger partial charge in [-0.3, -0.25) is 0 Å². The molecule has 92 valence electrons. The molecule has 0 aliphatic rings. The first kappa shape index (κ1) is 12.4. The second-order valence-electron chi connectivity index (χ2n) is 3.71. The van der Waals surface area contributed by atoms with E-state index in [-0.39, 0.29) is 0 Å². The molecule has 1 heterocycles. The minimum Gasteiger partial charge on any atom is -0.478 e. The van der Waals surface area contributed by atoms with Crippen molar-refractivity contribution in [1.29, 1.82) is 0 Å². The van der Waals surface area contributed by atoms with Crippen molar-refractivity contribution in [2.45, 2.75) is 10.6 Å². The van der Waals surface area contributed by atoms with E-state index in [1.807, 2.05) is 18.2 Å². The molecule has 1 aromatic carbocycles. The first-order chi connectivity index (χ1) is 8.65. The van der Waals surface area contributed by atoms with E-state index in [9.17, 15) is 4.79 Å². The molecule has 2 aromatic rings. The van der Waals surface area contributed by atoms with E-state index >= 15 is 0 Å². The molecule has 0 saturated heterocycles. The molecular weight excluding hydrogens is 248 g/mol. The zero-order valence-electron chi connectivity index (χ0n) is 9.54. The second kappa shape index (κ2) is 5.55. The summed E-state index contributed by atoms with van der Waals surface area (Å²) in [4.78, 5) is 15.7. The molecule has 0 unspecified atom stereocenters. The number of carboxylic acids is 1. The summed E-state index contributed by atoms with van der Waals surface area (Å²) in [5, 5.41) is 8.78. The van der Waals surface area contributed by atoms with Gasteiger partial charge >= 0.3 is 5.97 Å². The summed E-state index contributed by atoms with van der Waals surface area (Å²) in [6.07, 6.45) is 1.73. The summed E-state index contributed by atoms with van der Waals surface area (Å²) in [6.45, 7) is 0. The Kier molecular flexibility index (Phi) is 3.84. The number of nitrogens with zero attached hydrogens (tertiary/aromatic N) is 1. The number of thioether (sulfide) groups is 1. The highest BCUT2D eigenvalue weighted by atomic mass is 32.2. The Morgan fingerprint density at radius 1 is 1.22 bits per heavy atom. The van der Waals surface area contributed by atoms with Crippen LogP contribution in [-0.2, 0) is 5.75 Å². The summed E-state index contributed by atoms with van der Waals surface area (Å²) in [5.74, 6) is 0.369. The van der Waals surface area contributed by atoms with E-state index in [0.717, 1.165) is 16.2 Å². The highest BCUT2D eigenvalue weighted by Gasteiger charge is 2.02. The molecule has 0 aliphatic heterocycles. The van der Waals surface area contributed by atoms with E-state index in [2.05, 4.69) is 4.98 Å². The van der Waals surface area contributed by atoms with E-state index in [1.165, 1.54) is 0 Å². The number of carbonyl (C=O) groups is 1. The van der Waals surface area contributed by atoms with Crippen LogP contribution >= 0.6 is 11.8 Å². The lowest BCUT2D eigenvalue weighted by Gasteiger charge is -2.02. The molecule has 0 atom stereocenters. The number of aromatic nitrogens is 1. The van der Waals surface area contributed by atoms with Gasteiger partial charge in [0.05, 0.1) is 5.56 Å². The van der Waals surface area contributed by atoms with Crippen molar-refractivity contribution in [1.82, 2.24) is 4.98 Å². The van der Waals surface area contributed by atoms with Gasteiger partial charge in [-0.1, -0.05) is 12.1 Å². The van der Waals surface area contributed by atoms with Crippen LogP contribution in [0, 0.1) is 0 Å². The van der Waals surface area contributed by atoms with Crippen molar-refractivity contribution in [2.75, 3.05) is 5.73 Å². The lowest BCUT2D eigenvalue weighted by molar-refractivity contribution is 0.0697. The van der Waals surface area contributed by atoms with Gasteiger partial charge in [-0.25, -0.2) is 9.78 Å². The van der Waals surface area contributed by atoms with Gasteiger partial charge in [-0.15, -0.1) is 11.8 Å². The summed E-state index contributed by atoms with van der Waals surface area (Å²) >= 11 is 1.63. The smallest absolute Gasteiger partial charge is 0.335 e. The standard InChI is InChI=1S/C13H12N2O2S/c14-12-6-5-11(7-15-12)18-8-9-1-3-10(4-2-9)13(16)17/h1-7H,8H2,(H2,14,15)(H,16,17). The van der Waals surface area contributed by atoms with Crippen LogP contribution in [0.3, 0.4) is 0 Å². The molecule has 0 fully saturated rings. The molecule has 0 aliphatic carbocycles. The zero-order chi connectivity index (χ0) is 13.0. The lowest BCUT2D eigenvalue weighted by Crippen LogP contribution is -1.95. The first-order valence-corrected chi connectivity index (χ1v) is 6.30. The fourth-order valence-electron chi connectivity index (χ4n) is 1.39. The first-order valence-electron chi connectivity index (χ1n) is 5.32. The maximum Gasteiger partial charge on any atom is 0.335 e. The van der Waals surface area contributed by atoms with Gasteiger partial charge in [-0.05, 0) is 29.8 Å². The topological polar surface area (TPSA) is 76.2 Å². The average molecular weight is 260 g/mol. The largest absolute Gasteiger partial charge is 0.478 e. The fourth-order valence-corrected chi connectivity index (χ4v) is 2.20. The number of rotatable bonds is 4. The zero-order valence-corrected chi connectivity index (χ0v) is 10.4. The third-order valence-electron chi connectivity index (χ3n) is 2.37. The van der Waals surface area contributed by atoms with Crippen LogP contribution in [0.2, 0.25) is 0 Å². The number of hydrogen-bond donors (Lipinski definition) is 2. The van der Waals surface area contributed by atoms with E-state index < -0.39 is 5.97 Å². The van der Waals surface area contributed by atoms with Crippen molar-refractivity contribution in [2.24, 2.45) is 0 Å². The van der Waals surface area contributed by atoms with Crippen LogP contribution in [0.4, 0.5) is 5.82 Å². The van der Waals surface area contributed by atoms with Gasteiger partial charge in [0.15, 0.2) is 0 Å². The molecule has 0 radical (unpaired) electrons. The van der Waals surface area contributed by atoms with Gasteiger partial charge < -0.3 is 10.8 Å². The number of aromatic carboxylic acids is 1. The van der Waals surface area contributed by atoms with Gasteiger partial charge in [0, 0.05) is 16.8 Å². The molecule has 1 aromatic heterocycles. The molecule has 0 spiro atoms. The number of nitrogen functional groups attached to an aromatic ring is 1. The van der Waals surface area contributed by atoms with Crippen LogP contribution in [0.1, 0.15) is 15.9 Å². The second-order valence-corrected chi connectivity index (χ2v) is 4.76. The Labute approximate surface area is 109 Å². The van der Waals surface area contributed by atoms with Crippen LogP contribution in [0.25, 0.3) is 0 Å². The minimum absolute atomic E-state index is 0.304. The molecule has 5 heteroatoms. The molecule has 3 N–H and O–H groups in total. The predicted octanol–water partition coefficient (Wildman–Crippen LogP) is 2.65. The summed E-state index contributed by atoms with van der Waals surface area (Å²) in [5.41, 5.74) is 6.88. The van der Waals surface area contributed by atoms with Crippen molar-refractivity contribution in [3.8, 4) is 0 Å². The quantitative estimate of drug-likeness (QED) is 0.826. The maximum absolute atomic E-state index is 10.7. The number of carboxylic acid groups (broad SMARTS) is 1. The highest BCUT2D eigenvalue weighted by Crippen LogP contribution is 2.22. The third kappa shape index (κ3) is 3.24.